The second-order valence-corrected chi connectivity index (χ2v) is 12.9. The van der Waals surface area contributed by atoms with Gasteiger partial charge in [0.05, 0.1) is 42.6 Å². The highest BCUT2D eigenvalue weighted by molar-refractivity contribution is 7.18. The molecule has 0 N–H and O–H groups in total. The summed E-state index contributed by atoms with van der Waals surface area (Å²) in [6.45, 7) is 7.26. The topological polar surface area (TPSA) is 89.8 Å². The SMILES string of the molecule is C=CC(=O)N1CCn2nc(-c3nc(-c4ccc5c(c4)CN(C)C(=O)C5)c4ccsc4c3-c3c(F)cc(F)cc3OCCOC)cc2[C@H]1C. The van der Waals surface area contributed by atoms with Crippen molar-refractivity contribution in [1.29, 1.82) is 0 Å². The molecule has 2 amide bonds. The lowest BCUT2D eigenvalue weighted by molar-refractivity contribution is -0.130. The number of halogens is 2. The normalized spacial score (nSPS) is 15.9. The van der Waals surface area contributed by atoms with Crippen LogP contribution in [-0.2, 0) is 33.8 Å². The number of methoxy groups -OCH3 is 1. The Morgan fingerprint density at radius 3 is 2.71 bits per heavy atom. The number of rotatable bonds is 8. The number of carbonyl (C=O) groups is 2. The Morgan fingerprint density at radius 2 is 1.92 bits per heavy atom. The molecule has 246 valence electrons. The lowest BCUT2D eigenvalue weighted by Gasteiger charge is -2.33. The fourth-order valence-electron chi connectivity index (χ4n) is 6.57. The quantitative estimate of drug-likeness (QED) is 0.140. The van der Waals surface area contributed by atoms with Crippen molar-refractivity contribution in [3.8, 4) is 39.5 Å². The lowest BCUT2D eigenvalue weighted by Crippen LogP contribution is -2.40. The third-order valence-electron chi connectivity index (χ3n) is 9.04. The second-order valence-electron chi connectivity index (χ2n) is 11.9. The van der Waals surface area contributed by atoms with Gasteiger partial charge in [0.2, 0.25) is 11.8 Å². The molecule has 0 aliphatic carbocycles. The number of hydrogen-bond acceptors (Lipinski definition) is 7. The largest absolute Gasteiger partial charge is 0.490 e. The molecule has 0 fully saturated rings. The number of benzene rings is 2. The molecule has 0 radical (unpaired) electrons. The van der Waals surface area contributed by atoms with Crippen molar-refractivity contribution < 1.29 is 27.8 Å². The third-order valence-corrected chi connectivity index (χ3v) is 9.97. The highest BCUT2D eigenvalue weighted by Crippen LogP contribution is 2.47. The zero-order valence-electron chi connectivity index (χ0n) is 26.8. The van der Waals surface area contributed by atoms with E-state index in [2.05, 4.69) is 12.6 Å². The van der Waals surface area contributed by atoms with E-state index in [1.807, 2.05) is 41.3 Å². The summed E-state index contributed by atoms with van der Waals surface area (Å²) in [4.78, 5) is 33.7. The van der Waals surface area contributed by atoms with Crippen molar-refractivity contribution >= 4 is 33.2 Å². The fraction of sp³-hybridized carbons (Fsp3) is 0.278. The maximum absolute atomic E-state index is 16.1. The number of pyridine rings is 1. The molecule has 1 atom stereocenters. The molecule has 2 aromatic carbocycles. The van der Waals surface area contributed by atoms with Gasteiger partial charge in [-0.2, -0.15) is 5.10 Å². The Balaban J connectivity index is 1.48. The minimum atomic E-state index is -0.797. The molecule has 0 saturated carbocycles. The Morgan fingerprint density at radius 1 is 1.08 bits per heavy atom. The molecule has 0 bridgehead atoms. The molecule has 12 heteroatoms. The van der Waals surface area contributed by atoms with E-state index in [9.17, 15) is 14.0 Å². The van der Waals surface area contributed by atoms with Crippen molar-refractivity contribution in [2.45, 2.75) is 32.5 Å². The van der Waals surface area contributed by atoms with Crippen LogP contribution in [0.4, 0.5) is 8.78 Å². The highest BCUT2D eigenvalue weighted by Gasteiger charge is 2.32. The number of amides is 2. The molecule has 0 saturated heterocycles. The van der Waals surface area contributed by atoms with Crippen LogP contribution in [0.1, 0.15) is 29.8 Å². The van der Waals surface area contributed by atoms with Crippen LogP contribution < -0.4 is 4.74 Å². The van der Waals surface area contributed by atoms with Gasteiger partial charge in [-0.15, -0.1) is 11.3 Å². The minimum Gasteiger partial charge on any atom is -0.490 e. The molecule has 5 heterocycles. The predicted molar refractivity (Wildman–Crippen MR) is 180 cm³/mol. The van der Waals surface area contributed by atoms with E-state index in [1.165, 1.54) is 30.6 Å². The second kappa shape index (κ2) is 12.6. The summed E-state index contributed by atoms with van der Waals surface area (Å²) in [6, 6.07) is 11.5. The summed E-state index contributed by atoms with van der Waals surface area (Å²) in [7, 11) is 3.31. The molecule has 5 aromatic rings. The van der Waals surface area contributed by atoms with Crippen LogP contribution in [0.2, 0.25) is 0 Å². The molecule has 2 aliphatic rings. The maximum atomic E-state index is 16.1. The molecule has 2 aliphatic heterocycles. The Kier molecular flexibility index (Phi) is 8.30. The number of nitrogens with zero attached hydrogens (tertiary/aromatic N) is 5. The Labute approximate surface area is 280 Å². The molecule has 0 spiro atoms. The number of carbonyl (C=O) groups excluding carboxylic acids is 2. The number of fused-ring (bicyclic) bond motifs is 3. The summed E-state index contributed by atoms with van der Waals surface area (Å²) < 4.78 is 44.4. The van der Waals surface area contributed by atoms with Gasteiger partial charge in [0.15, 0.2) is 0 Å². The number of thiophene rings is 1. The first-order valence-corrected chi connectivity index (χ1v) is 16.5. The summed E-state index contributed by atoms with van der Waals surface area (Å²) >= 11 is 1.42. The van der Waals surface area contributed by atoms with E-state index in [0.29, 0.717) is 48.7 Å². The van der Waals surface area contributed by atoms with Gasteiger partial charge < -0.3 is 19.3 Å². The Hall–Kier alpha value is -4.94. The monoisotopic (exact) mass is 669 g/mol. The Bertz CT molecular complexity index is 2110. The van der Waals surface area contributed by atoms with Crippen molar-refractivity contribution in [3.05, 3.63) is 89.0 Å². The van der Waals surface area contributed by atoms with Crippen LogP contribution in [0.15, 0.2) is 60.5 Å². The van der Waals surface area contributed by atoms with E-state index in [1.54, 1.807) is 16.8 Å². The van der Waals surface area contributed by atoms with E-state index >= 15 is 4.39 Å². The first-order chi connectivity index (χ1) is 23.2. The average Bonchev–Trinajstić information content (AvgIpc) is 3.73. The molecule has 0 unspecified atom stereocenters. The smallest absolute Gasteiger partial charge is 0.246 e. The van der Waals surface area contributed by atoms with Gasteiger partial charge in [0.25, 0.3) is 0 Å². The molecule has 9 nitrogen and oxygen atoms in total. The first kappa shape index (κ1) is 31.6. The number of ether oxygens (including phenoxy) is 2. The van der Waals surface area contributed by atoms with Gasteiger partial charge in [0.1, 0.15) is 35.4 Å². The van der Waals surface area contributed by atoms with E-state index < -0.39 is 11.6 Å². The van der Waals surface area contributed by atoms with Crippen molar-refractivity contribution in [1.82, 2.24) is 24.6 Å². The van der Waals surface area contributed by atoms with Gasteiger partial charge in [-0.1, -0.05) is 18.7 Å². The predicted octanol–water partition coefficient (Wildman–Crippen LogP) is 6.40. The lowest BCUT2D eigenvalue weighted by atomic mass is 9.93. The van der Waals surface area contributed by atoms with Gasteiger partial charge in [-0.25, -0.2) is 13.8 Å². The molecule has 3 aromatic heterocycles. The average molecular weight is 670 g/mol. The number of hydrogen-bond donors (Lipinski definition) is 0. The van der Waals surface area contributed by atoms with Crippen LogP contribution in [-0.4, -0.2) is 70.3 Å². The molecular weight excluding hydrogens is 636 g/mol. The van der Waals surface area contributed by atoms with E-state index in [0.717, 1.165) is 38.5 Å². The molecule has 48 heavy (non-hydrogen) atoms. The van der Waals surface area contributed by atoms with Crippen molar-refractivity contribution in [3.63, 3.8) is 0 Å². The zero-order chi connectivity index (χ0) is 33.7. The van der Waals surface area contributed by atoms with Crippen LogP contribution in [0, 0.1) is 11.6 Å². The van der Waals surface area contributed by atoms with Gasteiger partial charge in [-0.05, 0) is 47.7 Å². The maximum Gasteiger partial charge on any atom is 0.246 e. The number of aromatic nitrogens is 3. The molecular formula is C36H33F2N5O4S. The molecule has 7 rings (SSSR count). The fourth-order valence-corrected chi connectivity index (χ4v) is 7.52. The summed E-state index contributed by atoms with van der Waals surface area (Å²) in [5, 5.41) is 7.64. The van der Waals surface area contributed by atoms with Crippen LogP contribution in [0.25, 0.3) is 43.9 Å². The van der Waals surface area contributed by atoms with Gasteiger partial charge in [-0.3, -0.25) is 14.3 Å². The van der Waals surface area contributed by atoms with Gasteiger partial charge in [0, 0.05) is 60.6 Å². The standard InChI is InChI=1S/C36H33F2N5O4S/c1-5-30(44)42-9-10-43-28(20(42)2)18-27(40-43)35-33(32-26(38)16-24(37)17-29(32)47-12-11-46-4)36-25(8-13-48-36)34(39-35)22-7-6-21-15-31(45)41(3)19-23(21)14-22/h5-8,13-14,16-18,20H,1,9-12,15,19H2,2-4H3/t20-/m1/s1. The number of likely N-dealkylation sites (N-methyl/N-ethyl adjacent to an activating group) is 1. The summed E-state index contributed by atoms with van der Waals surface area (Å²) in [6.07, 6.45) is 1.63. The minimum absolute atomic E-state index is 0.0247. The van der Waals surface area contributed by atoms with Crippen LogP contribution in [0.3, 0.4) is 0 Å². The van der Waals surface area contributed by atoms with Crippen molar-refractivity contribution in [2.75, 3.05) is 33.9 Å². The van der Waals surface area contributed by atoms with E-state index in [-0.39, 0.29) is 42.4 Å². The van der Waals surface area contributed by atoms with Crippen LogP contribution in [0.5, 0.6) is 5.75 Å². The van der Waals surface area contributed by atoms with Crippen molar-refractivity contribution in [2.24, 2.45) is 0 Å². The summed E-state index contributed by atoms with van der Waals surface area (Å²) in [5.41, 5.74) is 5.67. The van der Waals surface area contributed by atoms with E-state index in [4.69, 9.17) is 19.6 Å². The van der Waals surface area contributed by atoms with Crippen LogP contribution >= 0.6 is 11.3 Å². The highest BCUT2D eigenvalue weighted by atomic mass is 32.1. The van der Waals surface area contributed by atoms with Gasteiger partial charge >= 0.3 is 0 Å². The third kappa shape index (κ3) is 5.44. The zero-order valence-corrected chi connectivity index (χ0v) is 27.6. The first-order valence-electron chi connectivity index (χ1n) is 15.6. The summed E-state index contributed by atoms with van der Waals surface area (Å²) in [5.74, 6) is -1.65.